The molecule has 0 saturated carbocycles. The molecule has 0 aromatic heterocycles. The lowest BCUT2D eigenvalue weighted by Gasteiger charge is -2.32. The number of nitrogens with zero attached hydrogens (tertiary/aromatic N) is 2. The van der Waals surface area contributed by atoms with Crippen molar-refractivity contribution in [3.63, 3.8) is 0 Å². The molecule has 0 N–H and O–H groups in total. The molecule has 0 fully saturated rings. The van der Waals surface area contributed by atoms with Crippen molar-refractivity contribution in [1.82, 2.24) is 0 Å². The normalized spacial score (nSPS) is 11.3. The first-order chi connectivity index (χ1) is 23.0. The molecule has 2 heteroatoms. The van der Waals surface area contributed by atoms with Gasteiger partial charge < -0.3 is 9.80 Å². The van der Waals surface area contributed by atoms with E-state index in [-0.39, 0.29) is 0 Å². The van der Waals surface area contributed by atoms with E-state index >= 15 is 0 Å². The average Bonchev–Trinajstić information content (AvgIpc) is 3.11. The highest BCUT2D eigenvalue weighted by atomic mass is 15.2. The Morgan fingerprint density at radius 3 is 1.00 bits per heavy atom. The van der Waals surface area contributed by atoms with Gasteiger partial charge in [-0.3, -0.25) is 0 Å². The monoisotopic (exact) mass is 604 g/mol. The summed E-state index contributed by atoms with van der Waals surface area (Å²) in [4.78, 5) is 4.88. The molecule has 0 heterocycles. The number of anilines is 6. The van der Waals surface area contributed by atoms with E-state index < -0.39 is 0 Å². The third-order valence-corrected chi connectivity index (χ3v) is 9.17. The van der Waals surface area contributed by atoms with Gasteiger partial charge in [0.25, 0.3) is 0 Å². The Morgan fingerprint density at radius 1 is 0.298 bits per heavy atom. The molecule has 47 heavy (non-hydrogen) atoms. The fourth-order valence-corrected chi connectivity index (χ4v) is 6.78. The number of aryl methyl sites for hydroxylation is 3. The van der Waals surface area contributed by atoms with Gasteiger partial charge in [-0.1, -0.05) is 120 Å². The van der Waals surface area contributed by atoms with Crippen molar-refractivity contribution in [3.05, 3.63) is 180 Å². The predicted octanol–water partition coefficient (Wildman–Crippen LogP) is 13.0. The van der Waals surface area contributed by atoms with Gasteiger partial charge in [0.1, 0.15) is 0 Å². The summed E-state index contributed by atoms with van der Waals surface area (Å²) in [6.07, 6.45) is 0. The molecule has 0 bridgehead atoms. The van der Waals surface area contributed by atoms with E-state index in [9.17, 15) is 0 Å². The maximum absolute atomic E-state index is 2.45. The van der Waals surface area contributed by atoms with Crippen molar-refractivity contribution in [2.24, 2.45) is 0 Å². The van der Waals surface area contributed by atoms with E-state index in [2.05, 4.69) is 194 Å². The van der Waals surface area contributed by atoms with Crippen LogP contribution in [0.1, 0.15) is 16.7 Å². The average molecular weight is 605 g/mol. The Labute approximate surface area is 276 Å². The Kier molecular flexibility index (Phi) is 7.19. The standard InChI is InChI=1S/C45H36N2/c1-31-17-23-37(24-18-31)46(36-13-5-4-6-14-36)44-40-15-9-7-11-34(40)30-43-42(44)29-35-12-8-10-16-41(35)45(43)47(38-25-19-32(2)20-26-38)39-27-21-33(3)22-28-39/h4-30H,1-3H3. The van der Waals surface area contributed by atoms with E-state index in [1.807, 2.05) is 0 Å². The van der Waals surface area contributed by atoms with Crippen LogP contribution >= 0.6 is 0 Å². The molecule has 0 spiro atoms. The lowest BCUT2D eigenvalue weighted by molar-refractivity contribution is 1.28. The van der Waals surface area contributed by atoms with Crippen LogP contribution in [0.3, 0.4) is 0 Å². The van der Waals surface area contributed by atoms with Crippen molar-refractivity contribution in [1.29, 1.82) is 0 Å². The molecule has 0 unspecified atom stereocenters. The van der Waals surface area contributed by atoms with Gasteiger partial charge in [-0.05, 0) is 92.2 Å². The van der Waals surface area contributed by atoms with Gasteiger partial charge in [0.2, 0.25) is 0 Å². The molecule has 0 radical (unpaired) electrons. The molecule has 2 nitrogen and oxygen atoms in total. The van der Waals surface area contributed by atoms with Crippen LogP contribution in [0.25, 0.3) is 32.3 Å². The van der Waals surface area contributed by atoms with Crippen LogP contribution < -0.4 is 9.80 Å². The molecule has 0 aliphatic carbocycles. The molecular formula is C45H36N2. The highest BCUT2D eigenvalue weighted by Crippen LogP contribution is 2.50. The van der Waals surface area contributed by atoms with Gasteiger partial charge in [0.05, 0.1) is 11.4 Å². The quantitative estimate of drug-likeness (QED) is 0.174. The molecule has 0 aliphatic rings. The summed E-state index contributed by atoms with van der Waals surface area (Å²) in [5.41, 5.74) is 10.6. The molecule has 8 aromatic rings. The summed E-state index contributed by atoms with van der Waals surface area (Å²) >= 11 is 0. The molecule has 0 aliphatic heterocycles. The van der Waals surface area contributed by atoms with Gasteiger partial charge in [-0.25, -0.2) is 0 Å². The van der Waals surface area contributed by atoms with Crippen molar-refractivity contribution in [2.45, 2.75) is 20.8 Å². The largest absolute Gasteiger partial charge is 0.309 e. The van der Waals surface area contributed by atoms with Gasteiger partial charge in [-0.2, -0.15) is 0 Å². The second-order valence-electron chi connectivity index (χ2n) is 12.5. The first-order valence-electron chi connectivity index (χ1n) is 16.3. The van der Waals surface area contributed by atoms with Crippen LogP contribution in [0, 0.1) is 20.8 Å². The van der Waals surface area contributed by atoms with Crippen LogP contribution in [0.4, 0.5) is 34.1 Å². The van der Waals surface area contributed by atoms with E-state index in [0.717, 1.165) is 22.7 Å². The Bertz CT molecular complexity index is 2310. The Hall–Kier alpha value is -5.86. The maximum Gasteiger partial charge on any atom is 0.0619 e. The molecule has 0 saturated heterocycles. The number of benzene rings is 8. The topological polar surface area (TPSA) is 6.48 Å². The zero-order chi connectivity index (χ0) is 31.9. The van der Waals surface area contributed by atoms with Crippen molar-refractivity contribution < 1.29 is 0 Å². The fourth-order valence-electron chi connectivity index (χ4n) is 6.78. The summed E-state index contributed by atoms with van der Waals surface area (Å²) < 4.78 is 0. The molecule has 0 amide bonds. The number of hydrogen-bond acceptors (Lipinski definition) is 2. The van der Waals surface area contributed by atoms with E-state index in [1.54, 1.807) is 0 Å². The van der Waals surface area contributed by atoms with E-state index in [4.69, 9.17) is 0 Å². The van der Waals surface area contributed by atoms with Crippen LogP contribution in [-0.4, -0.2) is 0 Å². The smallest absolute Gasteiger partial charge is 0.0619 e. The minimum atomic E-state index is 1.12. The number of rotatable bonds is 6. The second-order valence-corrected chi connectivity index (χ2v) is 12.5. The summed E-state index contributed by atoms with van der Waals surface area (Å²) in [7, 11) is 0. The highest BCUT2D eigenvalue weighted by molar-refractivity contribution is 6.23. The van der Waals surface area contributed by atoms with Crippen molar-refractivity contribution in [2.75, 3.05) is 9.80 Å². The molecule has 8 aromatic carbocycles. The summed E-state index contributed by atoms with van der Waals surface area (Å²) in [6.45, 7) is 6.44. The summed E-state index contributed by atoms with van der Waals surface area (Å²) in [5, 5.41) is 7.23. The predicted molar refractivity (Wildman–Crippen MR) is 203 cm³/mol. The molecule has 8 rings (SSSR count). The van der Waals surface area contributed by atoms with Crippen LogP contribution in [0.5, 0.6) is 0 Å². The van der Waals surface area contributed by atoms with E-state index in [0.29, 0.717) is 0 Å². The van der Waals surface area contributed by atoms with Crippen LogP contribution in [-0.2, 0) is 0 Å². The van der Waals surface area contributed by atoms with E-state index in [1.165, 1.54) is 60.4 Å². The first kappa shape index (κ1) is 28.6. The second kappa shape index (κ2) is 11.8. The third kappa shape index (κ3) is 5.18. The Balaban J connectivity index is 1.55. The maximum atomic E-state index is 2.45. The zero-order valence-corrected chi connectivity index (χ0v) is 27.0. The van der Waals surface area contributed by atoms with Gasteiger partial charge in [0.15, 0.2) is 0 Å². The van der Waals surface area contributed by atoms with Crippen molar-refractivity contribution >= 4 is 66.4 Å². The first-order valence-corrected chi connectivity index (χ1v) is 16.3. The number of fused-ring (bicyclic) bond motifs is 3. The summed E-state index contributed by atoms with van der Waals surface area (Å²) in [6, 6.07) is 59.9. The number of para-hydroxylation sites is 1. The molecule has 0 atom stereocenters. The molecular weight excluding hydrogens is 569 g/mol. The number of hydrogen-bond donors (Lipinski definition) is 0. The van der Waals surface area contributed by atoms with Crippen LogP contribution in [0.15, 0.2) is 164 Å². The lowest BCUT2D eigenvalue weighted by Crippen LogP contribution is -2.13. The summed E-state index contributed by atoms with van der Waals surface area (Å²) in [5.74, 6) is 0. The van der Waals surface area contributed by atoms with Gasteiger partial charge in [0, 0.05) is 44.3 Å². The minimum absolute atomic E-state index is 1.12. The highest BCUT2D eigenvalue weighted by Gasteiger charge is 2.24. The van der Waals surface area contributed by atoms with Crippen LogP contribution in [0.2, 0.25) is 0 Å². The third-order valence-electron chi connectivity index (χ3n) is 9.17. The Morgan fingerprint density at radius 2 is 0.617 bits per heavy atom. The fraction of sp³-hybridized carbons (Fsp3) is 0.0667. The SMILES string of the molecule is Cc1ccc(N(c2ccccc2)c2c3ccccc3cc3c(N(c4ccc(C)cc4)c4ccc(C)cc4)c4ccccc4cc23)cc1. The van der Waals surface area contributed by atoms with Crippen molar-refractivity contribution in [3.8, 4) is 0 Å². The lowest BCUT2D eigenvalue weighted by atomic mass is 9.93. The van der Waals surface area contributed by atoms with Gasteiger partial charge in [-0.15, -0.1) is 0 Å². The molecule has 226 valence electrons. The minimum Gasteiger partial charge on any atom is -0.309 e. The zero-order valence-electron chi connectivity index (χ0n) is 27.0. The van der Waals surface area contributed by atoms with Gasteiger partial charge >= 0.3 is 0 Å².